The van der Waals surface area contributed by atoms with Gasteiger partial charge < -0.3 is 9.47 Å². The number of esters is 2. The van der Waals surface area contributed by atoms with E-state index in [1.54, 1.807) is 30.3 Å². The van der Waals surface area contributed by atoms with Gasteiger partial charge in [0.2, 0.25) is 0 Å². The zero-order valence-corrected chi connectivity index (χ0v) is 24.5. The lowest BCUT2D eigenvalue weighted by atomic mass is 10.0. The molecule has 0 heterocycles. The van der Waals surface area contributed by atoms with E-state index in [2.05, 4.69) is 0 Å². The number of hydrogen-bond donors (Lipinski definition) is 0. The Morgan fingerprint density at radius 2 is 0.870 bits per heavy atom. The lowest BCUT2D eigenvalue weighted by molar-refractivity contribution is 0.0720. The van der Waals surface area contributed by atoms with E-state index in [4.69, 9.17) is 9.47 Å². The molecule has 0 radical (unpaired) electrons. The summed E-state index contributed by atoms with van der Waals surface area (Å²) in [4.78, 5) is 24.4. The van der Waals surface area contributed by atoms with Crippen molar-refractivity contribution in [3.05, 3.63) is 130 Å². The Morgan fingerprint density at radius 3 is 1.35 bits per heavy atom. The minimum absolute atomic E-state index is 0.188. The molecule has 0 saturated heterocycles. The fraction of sp³-hybridized carbons (Fsp3) is 0.257. The first-order valence-corrected chi connectivity index (χ1v) is 14.6. The Kier molecular flexibility index (Phi) is 11.9. The largest absolute Gasteiger partial charge is 0.423 e. The molecule has 0 bridgehead atoms. The molecule has 4 aromatic rings. The summed E-state index contributed by atoms with van der Waals surface area (Å²) in [6.45, 7) is 0. The first-order chi connectivity index (χ1) is 22.0. The average Bonchev–Trinajstić information content (AvgIpc) is 3.01. The fourth-order valence-electron chi connectivity index (χ4n) is 4.74. The summed E-state index contributed by atoms with van der Waals surface area (Å²) in [6.07, 6.45) is 8.15. The number of unbranched alkanes of at least 4 members (excludes halogenated alkanes) is 6. The van der Waals surface area contributed by atoms with E-state index in [0.717, 1.165) is 56.9 Å². The second kappa shape index (κ2) is 16.1. The van der Waals surface area contributed by atoms with Gasteiger partial charge in [0.25, 0.3) is 0 Å². The molecule has 0 aliphatic heterocycles. The number of rotatable bonds is 14. The number of carbonyl (C=O) groups excluding carboxylic acids is 2. The van der Waals surface area contributed by atoms with Gasteiger partial charge in [0.05, 0.1) is 11.1 Å². The van der Waals surface area contributed by atoms with Gasteiger partial charge in [-0.3, -0.25) is 0 Å². The molecule has 0 aromatic heterocycles. The summed E-state index contributed by atoms with van der Waals surface area (Å²) in [7, 11) is 0. The Balaban J connectivity index is 1.09. The van der Waals surface area contributed by atoms with Gasteiger partial charge in [-0.25, -0.2) is 40.3 Å². The molecule has 0 spiro atoms. The van der Waals surface area contributed by atoms with Crippen LogP contribution < -0.4 is 9.47 Å². The van der Waals surface area contributed by atoms with Crippen molar-refractivity contribution >= 4 is 11.9 Å². The summed E-state index contributed by atoms with van der Waals surface area (Å²) in [5.41, 5.74) is 1.48. The summed E-state index contributed by atoms with van der Waals surface area (Å²) in [6, 6.07) is 12.9. The van der Waals surface area contributed by atoms with Crippen LogP contribution in [0.2, 0.25) is 0 Å². The monoisotopic (exact) mass is 646 g/mol. The molecule has 0 fully saturated rings. The van der Waals surface area contributed by atoms with E-state index in [1.807, 2.05) is 0 Å². The molecule has 242 valence electrons. The molecule has 46 heavy (non-hydrogen) atoms. The van der Waals surface area contributed by atoms with Crippen LogP contribution in [0.25, 0.3) is 0 Å². The van der Waals surface area contributed by atoms with Gasteiger partial charge in [-0.1, -0.05) is 50.3 Å². The molecule has 0 atom stereocenters. The highest BCUT2D eigenvalue weighted by molar-refractivity contribution is 5.91. The Bertz CT molecular complexity index is 1640. The minimum atomic E-state index is -1.70. The van der Waals surface area contributed by atoms with Crippen LogP contribution in [-0.4, -0.2) is 11.9 Å². The van der Waals surface area contributed by atoms with Crippen molar-refractivity contribution in [3.63, 3.8) is 0 Å². The zero-order valence-electron chi connectivity index (χ0n) is 24.5. The minimum Gasteiger partial charge on any atom is -0.423 e. The van der Waals surface area contributed by atoms with Crippen molar-refractivity contribution in [3.8, 4) is 11.5 Å². The highest BCUT2D eigenvalue weighted by Gasteiger charge is 2.18. The molecule has 4 nitrogen and oxygen atoms in total. The molecule has 0 N–H and O–H groups in total. The van der Waals surface area contributed by atoms with Crippen molar-refractivity contribution in [1.29, 1.82) is 0 Å². The molecule has 4 aromatic carbocycles. The molecule has 0 aliphatic carbocycles. The van der Waals surface area contributed by atoms with Crippen LogP contribution in [0.1, 0.15) is 76.8 Å². The maximum absolute atomic E-state index is 14.5. The molecule has 11 heteroatoms. The molecule has 0 unspecified atom stereocenters. The third kappa shape index (κ3) is 9.42. The fourth-order valence-corrected chi connectivity index (χ4v) is 4.74. The second-order valence-corrected chi connectivity index (χ2v) is 10.7. The van der Waals surface area contributed by atoms with E-state index < -0.39 is 69.7 Å². The van der Waals surface area contributed by atoms with Crippen LogP contribution in [0.4, 0.5) is 30.7 Å². The summed E-state index contributed by atoms with van der Waals surface area (Å²) in [5.74, 6) is -13.1. The SMILES string of the molecule is O=C(Oc1cc(F)c(F)c(F)c1)c1ccc(CCCCCCCCCc2ccc(C(=O)Oc3cc(F)c(F)c(F)c3)c(F)c2)cc1. The highest BCUT2D eigenvalue weighted by Crippen LogP contribution is 2.23. The van der Waals surface area contributed by atoms with Crippen molar-refractivity contribution in [2.45, 2.75) is 57.8 Å². The third-order valence-electron chi connectivity index (χ3n) is 7.21. The van der Waals surface area contributed by atoms with Crippen LogP contribution in [0.5, 0.6) is 11.5 Å². The summed E-state index contributed by atoms with van der Waals surface area (Å²) in [5, 5.41) is 0. The Hall–Kier alpha value is -4.67. The summed E-state index contributed by atoms with van der Waals surface area (Å²) >= 11 is 0. The molecule has 0 saturated carbocycles. The smallest absolute Gasteiger partial charge is 0.346 e. The van der Waals surface area contributed by atoms with Gasteiger partial charge in [-0.15, -0.1) is 0 Å². The number of halogens is 7. The lowest BCUT2D eigenvalue weighted by Gasteiger charge is -2.08. The predicted octanol–water partition coefficient (Wildman–Crippen LogP) is 9.61. The van der Waals surface area contributed by atoms with Crippen LogP contribution in [0.15, 0.2) is 66.7 Å². The average molecular weight is 647 g/mol. The van der Waals surface area contributed by atoms with Crippen molar-refractivity contribution < 1.29 is 49.8 Å². The normalized spacial score (nSPS) is 11.0. The van der Waals surface area contributed by atoms with Crippen molar-refractivity contribution in [2.24, 2.45) is 0 Å². The number of carbonyl (C=O) groups is 2. The molecular weight excluding hydrogens is 617 g/mol. The van der Waals surface area contributed by atoms with Crippen LogP contribution >= 0.6 is 0 Å². The summed E-state index contributed by atoms with van der Waals surface area (Å²) < 4.78 is 104. The first-order valence-electron chi connectivity index (χ1n) is 14.6. The van der Waals surface area contributed by atoms with Crippen LogP contribution in [0.3, 0.4) is 0 Å². The first kappa shape index (κ1) is 34.2. The van der Waals surface area contributed by atoms with E-state index in [0.29, 0.717) is 36.2 Å². The van der Waals surface area contributed by atoms with E-state index in [1.165, 1.54) is 12.1 Å². The van der Waals surface area contributed by atoms with Gasteiger partial charge in [-0.2, -0.15) is 0 Å². The standard InChI is InChI=1S/C35H29F7O4/c36-27-16-22(12-15-26(27)35(44)46-25-19-30(39)33(42)31(40)20-25)9-7-5-3-1-2-4-6-8-21-10-13-23(14-11-21)34(43)45-24-17-28(37)32(41)29(38)18-24/h10-20H,1-9H2. The van der Waals surface area contributed by atoms with Gasteiger partial charge in [0.1, 0.15) is 17.3 Å². The number of ether oxygens (including phenoxy) is 2. The Morgan fingerprint density at radius 1 is 0.457 bits per heavy atom. The Labute approximate surface area is 260 Å². The number of aryl methyl sites for hydroxylation is 2. The van der Waals surface area contributed by atoms with E-state index in [9.17, 15) is 40.3 Å². The van der Waals surface area contributed by atoms with Gasteiger partial charge in [0.15, 0.2) is 34.9 Å². The van der Waals surface area contributed by atoms with Gasteiger partial charge in [0, 0.05) is 24.3 Å². The number of benzene rings is 4. The van der Waals surface area contributed by atoms with Gasteiger partial charge in [-0.05, 0) is 61.1 Å². The van der Waals surface area contributed by atoms with Crippen molar-refractivity contribution in [2.75, 3.05) is 0 Å². The molecule has 0 amide bonds. The molecule has 4 rings (SSSR count). The van der Waals surface area contributed by atoms with Crippen LogP contribution in [0, 0.1) is 40.7 Å². The molecular formula is C35H29F7O4. The zero-order chi connectivity index (χ0) is 33.2. The number of hydrogen-bond acceptors (Lipinski definition) is 4. The molecule has 0 aliphatic rings. The topological polar surface area (TPSA) is 52.6 Å². The maximum atomic E-state index is 14.5. The van der Waals surface area contributed by atoms with Crippen molar-refractivity contribution in [1.82, 2.24) is 0 Å². The van der Waals surface area contributed by atoms with Crippen LogP contribution in [-0.2, 0) is 12.8 Å². The second-order valence-electron chi connectivity index (χ2n) is 10.7. The van der Waals surface area contributed by atoms with E-state index >= 15 is 0 Å². The predicted molar refractivity (Wildman–Crippen MR) is 155 cm³/mol. The van der Waals surface area contributed by atoms with Gasteiger partial charge >= 0.3 is 11.9 Å². The quantitative estimate of drug-likeness (QED) is 0.0450. The maximum Gasteiger partial charge on any atom is 0.346 e. The van der Waals surface area contributed by atoms with E-state index in [-0.39, 0.29) is 5.56 Å². The third-order valence-corrected chi connectivity index (χ3v) is 7.21. The lowest BCUT2D eigenvalue weighted by Crippen LogP contribution is -2.11. The highest BCUT2D eigenvalue weighted by atomic mass is 19.2.